The Morgan fingerprint density at radius 3 is 2.33 bits per heavy atom. The Bertz CT molecular complexity index is 1160. The van der Waals surface area contributed by atoms with Crippen molar-refractivity contribution in [1.29, 1.82) is 0 Å². The number of rotatable bonds is 1. The van der Waals surface area contributed by atoms with Gasteiger partial charge in [-0.2, -0.15) is 4.98 Å². The van der Waals surface area contributed by atoms with E-state index in [2.05, 4.69) is 4.98 Å². The van der Waals surface area contributed by atoms with E-state index in [9.17, 15) is 9.59 Å². The predicted octanol–water partition coefficient (Wildman–Crippen LogP) is 2.40. The van der Waals surface area contributed by atoms with Crippen molar-refractivity contribution in [3.05, 3.63) is 75.4 Å². The van der Waals surface area contributed by atoms with Crippen LogP contribution < -0.4 is 11.2 Å². The molecule has 0 atom stereocenters. The van der Waals surface area contributed by atoms with Gasteiger partial charge in [0.15, 0.2) is 5.82 Å². The first-order valence-corrected chi connectivity index (χ1v) is 7.62. The molecule has 0 aliphatic carbocycles. The molecule has 118 valence electrons. The molecule has 5 nitrogen and oxygen atoms in total. The third-order valence-corrected chi connectivity index (χ3v) is 4.38. The lowest BCUT2D eigenvalue weighted by Gasteiger charge is -2.15. The Balaban J connectivity index is 2.09. The van der Waals surface area contributed by atoms with Crippen LogP contribution in [-0.4, -0.2) is 14.1 Å². The topological polar surface area (TPSA) is 56.9 Å². The molecule has 0 saturated heterocycles. The fourth-order valence-electron chi connectivity index (χ4n) is 3.01. The second kappa shape index (κ2) is 5.16. The van der Waals surface area contributed by atoms with Gasteiger partial charge in [-0.15, -0.1) is 0 Å². The molecule has 2 aliphatic rings. The molecular weight excluding hydrogens is 302 g/mol. The largest absolute Gasteiger partial charge is 0.352 e. The number of pyridine rings is 1. The summed E-state index contributed by atoms with van der Waals surface area (Å²) < 4.78 is 2.84. The first-order valence-electron chi connectivity index (χ1n) is 7.62. The number of benzene rings is 2. The second-order valence-corrected chi connectivity index (χ2v) is 5.84. The molecule has 0 aromatic heterocycles. The van der Waals surface area contributed by atoms with Crippen molar-refractivity contribution in [2.45, 2.75) is 0 Å². The second-order valence-electron chi connectivity index (χ2n) is 5.84. The summed E-state index contributed by atoms with van der Waals surface area (Å²) in [5, 5.41) is 0.933. The monoisotopic (exact) mass is 317 g/mol. The molecule has 4 rings (SSSR count). The van der Waals surface area contributed by atoms with E-state index in [1.54, 1.807) is 10.6 Å². The average molecular weight is 317 g/mol. The van der Waals surface area contributed by atoms with Gasteiger partial charge in [0.05, 0.1) is 5.56 Å². The van der Waals surface area contributed by atoms with Gasteiger partial charge in [-0.1, -0.05) is 42.5 Å². The summed E-state index contributed by atoms with van der Waals surface area (Å²) >= 11 is 0. The third kappa shape index (κ3) is 2.06. The minimum absolute atomic E-state index is 0.324. The normalized spacial score (nSPS) is 11.2. The zero-order valence-electron chi connectivity index (χ0n) is 13.4. The Morgan fingerprint density at radius 1 is 0.833 bits per heavy atom. The summed E-state index contributed by atoms with van der Waals surface area (Å²) in [5.74, 6) is 0.404. The van der Waals surface area contributed by atoms with Crippen molar-refractivity contribution in [3.8, 4) is 22.5 Å². The van der Waals surface area contributed by atoms with E-state index in [0.717, 1.165) is 26.6 Å². The Labute approximate surface area is 137 Å². The highest BCUT2D eigenvalue weighted by Crippen LogP contribution is 2.27. The Kier molecular flexibility index (Phi) is 3.09. The molecule has 0 radical (unpaired) electrons. The quantitative estimate of drug-likeness (QED) is 0.507. The van der Waals surface area contributed by atoms with E-state index in [1.807, 2.05) is 55.6 Å². The lowest BCUT2D eigenvalue weighted by atomic mass is 10.0. The van der Waals surface area contributed by atoms with E-state index >= 15 is 0 Å². The van der Waals surface area contributed by atoms with E-state index in [-0.39, 0.29) is 5.56 Å². The van der Waals surface area contributed by atoms with Gasteiger partial charge in [0.25, 0.3) is 5.56 Å². The van der Waals surface area contributed by atoms with Crippen molar-refractivity contribution in [2.24, 2.45) is 14.1 Å². The standard InChI is InChI=1S/C19H15N3O2/c1-21-16-11-13(12-6-4-3-5-7-12)8-9-14(16)10-15-17(21)20-19(24)22(2)18(15)23/h3-11H,1-2H3. The molecule has 24 heavy (non-hydrogen) atoms. The van der Waals surface area contributed by atoms with Crippen LogP contribution in [0, 0.1) is 0 Å². The molecule has 0 fully saturated rings. The van der Waals surface area contributed by atoms with Gasteiger partial charge in [-0.05, 0) is 28.6 Å². The maximum absolute atomic E-state index is 12.3. The van der Waals surface area contributed by atoms with Crippen molar-refractivity contribution in [3.63, 3.8) is 0 Å². The van der Waals surface area contributed by atoms with Crippen molar-refractivity contribution in [2.75, 3.05) is 0 Å². The SMILES string of the molecule is Cn1c(=O)nc2n(C)c3cc(-c4ccccc4)ccc3cc-2c1=O. The average Bonchev–Trinajstić information content (AvgIpc) is 2.62. The summed E-state index contributed by atoms with van der Waals surface area (Å²) in [7, 11) is 3.27. The fourth-order valence-corrected chi connectivity index (χ4v) is 3.01. The van der Waals surface area contributed by atoms with Crippen LogP contribution in [0.15, 0.2) is 64.2 Å². The molecule has 0 bridgehead atoms. The van der Waals surface area contributed by atoms with Gasteiger partial charge in [0.2, 0.25) is 0 Å². The number of hydrogen-bond acceptors (Lipinski definition) is 3. The summed E-state index contributed by atoms with van der Waals surface area (Å²) in [4.78, 5) is 28.3. The van der Waals surface area contributed by atoms with Gasteiger partial charge < -0.3 is 4.57 Å². The number of aromatic nitrogens is 3. The molecule has 2 aromatic carbocycles. The van der Waals surface area contributed by atoms with Gasteiger partial charge in [0.1, 0.15) is 0 Å². The molecule has 0 amide bonds. The molecule has 2 heterocycles. The lowest BCUT2D eigenvalue weighted by Crippen LogP contribution is -2.35. The zero-order chi connectivity index (χ0) is 16.8. The molecule has 5 heteroatoms. The van der Waals surface area contributed by atoms with Crippen molar-refractivity contribution in [1.82, 2.24) is 14.1 Å². The van der Waals surface area contributed by atoms with Crippen LogP contribution in [0.2, 0.25) is 0 Å². The van der Waals surface area contributed by atoms with E-state index < -0.39 is 5.69 Å². The fraction of sp³-hybridized carbons (Fsp3) is 0.105. The zero-order valence-corrected chi connectivity index (χ0v) is 13.4. The van der Waals surface area contributed by atoms with Crippen LogP contribution >= 0.6 is 0 Å². The molecule has 0 saturated carbocycles. The molecule has 2 aliphatic heterocycles. The first-order chi connectivity index (χ1) is 11.6. The van der Waals surface area contributed by atoms with Gasteiger partial charge in [-0.25, -0.2) is 4.79 Å². The number of aryl methyl sites for hydroxylation is 1. The predicted molar refractivity (Wildman–Crippen MR) is 94.3 cm³/mol. The maximum atomic E-state index is 12.3. The minimum Gasteiger partial charge on any atom is -0.328 e. The van der Waals surface area contributed by atoms with Crippen LogP contribution in [0.4, 0.5) is 0 Å². The smallest absolute Gasteiger partial charge is 0.328 e. The highest BCUT2D eigenvalue weighted by atomic mass is 16.2. The summed E-state index contributed by atoms with van der Waals surface area (Å²) in [5.41, 5.74) is 2.69. The van der Waals surface area contributed by atoms with Crippen molar-refractivity contribution < 1.29 is 0 Å². The van der Waals surface area contributed by atoms with Crippen LogP contribution in [0.25, 0.3) is 33.4 Å². The molecular formula is C19H15N3O2. The highest BCUT2D eigenvalue weighted by Gasteiger charge is 2.17. The molecule has 2 aromatic rings. The number of nitrogens with zero attached hydrogens (tertiary/aromatic N) is 3. The summed E-state index contributed by atoms with van der Waals surface area (Å²) in [6.07, 6.45) is 0. The highest BCUT2D eigenvalue weighted by molar-refractivity contribution is 5.89. The van der Waals surface area contributed by atoms with E-state index in [0.29, 0.717) is 11.4 Å². The summed E-state index contributed by atoms with van der Waals surface area (Å²) in [6, 6.07) is 17.9. The maximum Gasteiger partial charge on any atom is 0.352 e. The van der Waals surface area contributed by atoms with Crippen molar-refractivity contribution >= 4 is 10.9 Å². The molecule has 0 spiro atoms. The number of fused-ring (bicyclic) bond motifs is 2. The Hall–Kier alpha value is -3.21. The Morgan fingerprint density at radius 2 is 1.58 bits per heavy atom. The molecule has 0 unspecified atom stereocenters. The van der Waals surface area contributed by atoms with E-state index in [4.69, 9.17) is 0 Å². The van der Waals surface area contributed by atoms with E-state index in [1.165, 1.54) is 7.05 Å². The van der Waals surface area contributed by atoms with Crippen LogP contribution in [0.1, 0.15) is 0 Å². The minimum atomic E-state index is -0.540. The van der Waals surface area contributed by atoms with Crippen LogP contribution in [0.5, 0.6) is 0 Å². The van der Waals surface area contributed by atoms with Crippen LogP contribution in [0.3, 0.4) is 0 Å². The van der Waals surface area contributed by atoms with Gasteiger partial charge in [-0.3, -0.25) is 9.36 Å². The lowest BCUT2D eigenvalue weighted by molar-refractivity contribution is 0.757. The van der Waals surface area contributed by atoms with Gasteiger partial charge in [0, 0.05) is 19.6 Å². The summed E-state index contributed by atoms with van der Waals surface area (Å²) in [6.45, 7) is 0. The number of hydrogen-bond donors (Lipinski definition) is 0. The molecule has 0 N–H and O–H groups in total. The third-order valence-electron chi connectivity index (χ3n) is 4.38. The first kappa shape index (κ1) is 14.4. The van der Waals surface area contributed by atoms with Crippen LogP contribution in [-0.2, 0) is 14.1 Å². The van der Waals surface area contributed by atoms with Gasteiger partial charge >= 0.3 is 5.69 Å².